The van der Waals surface area contributed by atoms with Crippen molar-refractivity contribution in [1.29, 1.82) is 0 Å². The third kappa shape index (κ3) is 4.62. The summed E-state index contributed by atoms with van der Waals surface area (Å²) in [5, 5.41) is 4.38. The molecule has 176 valence electrons. The zero-order chi connectivity index (χ0) is 24.6. The molecule has 0 unspecified atom stereocenters. The predicted octanol–water partition coefficient (Wildman–Crippen LogP) is 7.30. The van der Waals surface area contributed by atoms with Gasteiger partial charge in [-0.05, 0) is 61.9 Å². The molecular formula is C28H22F3N3O. The minimum absolute atomic E-state index is 0.00292. The van der Waals surface area contributed by atoms with Crippen LogP contribution in [0, 0.1) is 13.8 Å². The standard InChI is InChI=1S/C28H22F3N3O/c1-18-8-10-20(11-9-18)17-35-23-14-12-21(13-15-23)25-16-24(28(29,30)31)26-19(2)33-34(27(26)32-25)22-6-4-3-5-7-22/h3-16H,17H2,1-2H3. The monoisotopic (exact) mass is 473 g/mol. The number of aromatic nitrogens is 3. The number of aryl methyl sites for hydroxylation is 2. The lowest BCUT2D eigenvalue weighted by atomic mass is 10.0. The van der Waals surface area contributed by atoms with Gasteiger partial charge in [-0.15, -0.1) is 0 Å². The molecule has 0 saturated heterocycles. The Balaban J connectivity index is 1.53. The molecule has 0 aliphatic rings. The molecule has 35 heavy (non-hydrogen) atoms. The number of ether oxygens (including phenoxy) is 1. The molecule has 0 aliphatic heterocycles. The van der Waals surface area contributed by atoms with Crippen LogP contribution in [0.15, 0.2) is 84.9 Å². The molecule has 4 nitrogen and oxygen atoms in total. The van der Waals surface area contributed by atoms with E-state index in [1.165, 1.54) is 10.2 Å². The maximum absolute atomic E-state index is 14.1. The third-order valence-corrected chi connectivity index (χ3v) is 5.80. The molecule has 0 amide bonds. The van der Waals surface area contributed by atoms with Crippen LogP contribution in [0.1, 0.15) is 22.4 Å². The van der Waals surface area contributed by atoms with Crippen molar-refractivity contribution in [3.05, 3.63) is 107 Å². The van der Waals surface area contributed by atoms with E-state index in [1.54, 1.807) is 43.3 Å². The molecule has 5 rings (SSSR count). The van der Waals surface area contributed by atoms with Crippen LogP contribution in [0.3, 0.4) is 0 Å². The van der Waals surface area contributed by atoms with Crippen molar-refractivity contribution >= 4 is 11.0 Å². The van der Waals surface area contributed by atoms with Crippen LogP contribution in [0.5, 0.6) is 5.75 Å². The summed E-state index contributed by atoms with van der Waals surface area (Å²) in [5.41, 5.74) is 3.30. The molecule has 0 atom stereocenters. The van der Waals surface area contributed by atoms with Gasteiger partial charge in [-0.1, -0.05) is 48.0 Å². The largest absolute Gasteiger partial charge is 0.489 e. The van der Waals surface area contributed by atoms with Gasteiger partial charge in [0.1, 0.15) is 12.4 Å². The average molecular weight is 473 g/mol. The number of hydrogen-bond donors (Lipinski definition) is 0. The first-order chi connectivity index (χ1) is 16.8. The van der Waals surface area contributed by atoms with Gasteiger partial charge in [-0.2, -0.15) is 18.3 Å². The van der Waals surface area contributed by atoms with Gasteiger partial charge in [-0.3, -0.25) is 0 Å². The minimum atomic E-state index is -4.55. The highest BCUT2D eigenvalue weighted by atomic mass is 19.4. The molecule has 5 aromatic rings. The van der Waals surface area contributed by atoms with E-state index in [1.807, 2.05) is 49.4 Å². The predicted molar refractivity (Wildman–Crippen MR) is 130 cm³/mol. The van der Waals surface area contributed by atoms with Gasteiger partial charge in [-0.25, -0.2) is 9.67 Å². The van der Waals surface area contributed by atoms with Crippen molar-refractivity contribution in [3.8, 4) is 22.7 Å². The van der Waals surface area contributed by atoms with E-state index in [2.05, 4.69) is 10.1 Å². The van der Waals surface area contributed by atoms with Gasteiger partial charge >= 0.3 is 6.18 Å². The first kappa shape index (κ1) is 22.7. The van der Waals surface area contributed by atoms with Gasteiger partial charge in [0.25, 0.3) is 0 Å². The van der Waals surface area contributed by atoms with Crippen LogP contribution in [0.2, 0.25) is 0 Å². The molecule has 0 aliphatic carbocycles. The lowest BCUT2D eigenvalue weighted by Crippen LogP contribution is -2.08. The third-order valence-electron chi connectivity index (χ3n) is 5.80. The Morgan fingerprint density at radius 1 is 0.857 bits per heavy atom. The topological polar surface area (TPSA) is 39.9 Å². The van der Waals surface area contributed by atoms with E-state index >= 15 is 0 Å². The second-order valence-corrected chi connectivity index (χ2v) is 8.38. The van der Waals surface area contributed by atoms with Crippen molar-refractivity contribution in [2.24, 2.45) is 0 Å². The average Bonchev–Trinajstić information content (AvgIpc) is 3.20. The molecule has 0 spiro atoms. The number of alkyl halides is 3. The zero-order valence-electron chi connectivity index (χ0n) is 19.2. The van der Waals surface area contributed by atoms with Gasteiger partial charge in [0.15, 0.2) is 5.65 Å². The molecule has 0 radical (unpaired) electrons. The minimum Gasteiger partial charge on any atom is -0.489 e. The highest BCUT2D eigenvalue weighted by molar-refractivity contribution is 5.87. The van der Waals surface area contributed by atoms with E-state index in [0.29, 0.717) is 23.6 Å². The zero-order valence-corrected chi connectivity index (χ0v) is 19.2. The summed E-state index contributed by atoms with van der Waals surface area (Å²) in [4.78, 5) is 4.61. The second kappa shape index (κ2) is 8.91. The van der Waals surface area contributed by atoms with Crippen LogP contribution in [-0.4, -0.2) is 14.8 Å². The lowest BCUT2D eigenvalue weighted by molar-refractivity contribution is -0.136. The number of benzene rings is 3. The molecule has 2 heterocycles. The lowest BCUT2D eigenvalue weighted by Gasteiger charge is -2.12. The molecule has 0 saturated carbocycles. The Labute approximate surface area is 200 Å². The summed E-state index contributed by atoms with van der Waals surface area (Å²) < 4.78 is 49.5. The fourth-order valence-electron chi connectivity index (χ4n) is 3.98. The Hall–Kier alpha value is -4.13. The van der Waals surface area contributed by atoms with Crippen LogP contribution in [0.25, 0.3) is 28.0 Å². The number of halogens is 3. The molecule has 0 bridgehead atoms. The number of hydrogen-bond acceptors (Lipinski definition) is 3. The van der Waals surface area contributed by atoms with Gasteiger partial charge in [0.05, 0.1) is 28.0 Å². The van der Waals surface area contributed by atoms with Crippen molar-refractivity contribution in [1.82, 2.24) is 14.8 Å². The first-order valence-electron chi connectivity index (χ1n) is 11.1. The van der Waals surface area contributed by atoms with E-state index in [-0.39, 0.29) is 22.4 Å². The fourth-order valence-corrected chi connectivity index (χ4v) is 3.98. The summed E-state index contributed by atoms with van der Waals surface area (Å²) in [6.45, 7) is 3.99. The number of pyridine rings is 1. The van der Waals surface area contributed by atoms with Crippen LogP contribution in [0.4, 0.5) is 13.2 Å². The summed E-state index contributed by atoms with van der Waals surface area (Å²) in [6, 6.07) is 25.1. The van der Waals surface area contributed by atoms with Crippen LogP contribution in [-0.2, 0) is 12.8 Å². The van der Waals surface area contributed by atoms with E-state index < -0.39 is 11.7 Å². The Kier molecular flexibility index (Phi) is 5.76. The van der Waals surface area contributed by atoms with Crippen LogP contribution >= 0.6 is 0 Å². The SMILES string of the molecule is Cc1ccc(COc2ccc(-c3cc(C(F)(F)F)c4c(C)nn(-c5ccccc5)c4n3)cc2)cc1. The van der Waals surface area contributed by atoms with E-state index in [4.69, 9.17) is 4.74 Å². The highest BCUT2D eigenvalue weighted by Gasteiger charge is 2.35. The smallest absolute Gasteiger partial charge is 0.417 e. The van der Waals surface area contributed by atoms with Crippen molar-refractivity contribution < 1.29 is 17.9 Å². The molecule has 3 aromatic carbocycles. The quantitative estimate of drug-likeness (QED) is 0.269. The molecule has 7 heteroatoms. The number of para-hydroxylation sites is 1. The molecular weight excluding hydrogens is 451 g/mol. The second-order valence-electron chi connectivity index (χ2n) is 8.38. The van der Waals surface area contributed by atoms with Gasteiger partial charge in [0, 0.05) is 5.56 Å². The summed E-state index contributed by atoms with van der Waals surface area (Å²) in [7, 11) is 0. The Bertz CT molecular complexity index is 1470. The normalized spacial score (nSPS) is 11.7. The summed E-state index contributed by atoms with van der Waals surface area (Å²) in [6.07, 6.45) is -4.55. The summed E-state index contributed by atoms with van der Waals surface area (Å²) in [5.74, 6) is 0.622. The molecule has 0 N–H and O–H groups in total. The highest BCUT2D eigenvalue weighted by Crippen LogP contribution is 2.38. The van der Waals surface area contributed by atoms with E-state index in [0.717, 1.165) is 11.6 Å². The Morgan fingerprint density at radius 3 is 2.20 bits per heavy atom. The number of nitrogens with zero attached hydrogens (tertiary/aromatic N) is 3. The fraction of sp³-hybridized carbons (Fsp3) is 0.143. The number of rotatable bonds is 5. The van der Waals surface area contributed by atoms with E-state index in [9.17, 15) is 13.2 Å². The van der Waals surface area contributed by atoms with Gasteiger partial charge in [0.2, 0.25) is 0 Å². The maximum atomic E-state index is 14.1. The van der Waals surface area contributed by atoms with Gasteiger partial charge < -0.3 is 4.74 Å². The van der Waals surface area contributed by atoms with Crippen LogP contribution < -0.4 is 4.74 Å². The van der Waals surface area contributed by atoms with Crippen molar-refractivity contribution in [3.63, 3.8) is 0 Å². The first-order valence-corrected chi connectivity index (χ1v) is 11.1. The number of fused-ring (bicyclic) bond motifs is 1. The Morgan fingerprint density at radius 2 is 1.54 bits per heavy atom. The van der Waals surface area contributed by atoms with Crippen molar-refractivity contribution in [2.45, 2.75) is 26.6 Å². The molecule has 2 aromatic heterocycles. The summed E-state index contributed by atoms with van der Waals surface area (Å²) >= 11 is 0. The molecule has 0 fully saturated rings. The maximum Gasteiger partial charge on any atom is 0.417 e. The van der Waals surface area contributed by atoms with Crippen molar-refractivity contribution in [2.75, 3.05) is 0 Å².